The van der Waals surface area contributed by atoms with Crippen molar-refractivity contribution in [1.82, 2.24) is 29.4 Å². The number of hydrogen-bond acceptors (Lipinski definition) is 4. The molecule has 0 amide bonds. The lowest BCUT2D eigenvalue weighted by Gasteiger charge is -1.99. The molecule has 7 heteroatoms. The summed E-state index contributed by atoms with van der Waals surface area (Å²) >= 11 is 5.76. The van der Waals surface area contributed by atoms with Gasteiger partial charge in [0.1, 0.15) is 18.0 Å². The van der Waals surface area contributed by atoms with Crippen molar-refractivity contribution in [2.45, 2.75) is 6.54 Å². The van der Waals surface area contributed by atoms with E-state index in [2.05, 4.69) is 20.3 Å². The van der Waals surface area contributed by atoms with Gasteiger partial charge < -0.3 is 0 Å². The van der Waals surface area contributed by atoms with Gasteiger partial charge in [0.15, 0.2) is 11.5 Å². The van der Waals surface area contributed by atoms with Crippen molar-refractivity contribution >= 4 is 17.2 Å². The van der Waals surface area contributed by atoms with Crippen molar-refractivity contribution in [1.29, 1.82) is 0 Å². The zero-order chi connectivity index (χ0) is 11.0. The zero-order valence-corrected chi connectivity index (χ0v) is 8.91. The molecule has 3 rings (SSSR count). The van der Waals surface area contributed by atoms with Crippen LogP contribution in [0.15, 0.2) is 30.9 Å². The lowest BCUT2D eigenvalue weighted by Crippen LogP contribution is -2.04. The topological polar surface area (TPSA) is 60.9 Å². The normalized spacial score (nSPS) is 11.1. The van der Waals surface area contributed by atoms with E-state index in [1.165, 1.54) is 0 Å². The molecule has 0 aliphatic carbocycles. The van der Waals surface area contributed by atoms with Crippen LogP contribution in [0.5, 0.6) is 0 Å². The van der Waals surface area contributed by atoms with E-state index in [1.807, 2.05) is 12.3 Å². The molecular weight excluding hydrogens is 228 g/mol. The van der Waals surface area contributed by atoms with E-state index < -0.39 is 0 Å². The highest BCUT2D eigenvalue weighted by molar-refractivity contribution is 6.29. The third kappa shape index (κ3) is 1.53. The fraction of sp³-hybridized carbons (Fsp3) is 0.111. The maximum Gasteiger partial charge on any atom is 0.165 e. The average Bonchev–Trinajstić information content (AvgIpc) is 2.89. The summed E-state index contributed by atoms with van der Waals surface area (Å²) in [4.78, 5) is 3.99. The molecule has 80 valence electrons. The van der Waals surface area contributed by atoms with Crippen LogP contribution in [0.25, 0.3) is 5.65 Å². The van der Waals surface area contributed by atoms with Crippen LogP contribution in [0.2, 0.25) is 5.15 Å². The zero-order valence-electron chi connectivity index (χ0n) is 8.16. The van der Waals surface area contributed by atoms with Gasteiger partial charge in [-0.15, -0.1) is 10.2 Å². The first kappa shape index (κ1) is 9.29. The standard InChI is InChI=1S/C9H7ClN6/c10-7-4-8-13-14-9(16(8)6-11-7)5-15-3-1-2-12-15/h1-4,6H,5H2. The summed E-state index contributed by atoms with van der Waals surface area (Å²) in [6, 6.07) is 3.53. The first-order valence-corrected chi connectivity index (χ1v) is 5.03. The van der Waals surface area contributed by atoms with Crippen LogP contribution >= 0.6 is 11.6 Å². The lowest BCUT2D eigenvalue weighted by atomic mass is 10.5. The number of fused-ring (bicyclic) bond motifs is 1. The van der Waals surface area contributed by atoms with Crippen LogP contribution in [0, 0.1) is 0 Å². The second kappa shape index (κ2) is 3.57. The fourth-order valence-electron chi connectivity index (χ4n) is 1.47. The maximum atomic E-state index is 5.76. The van der Waals surface area contributed by atoms with Crippen LogP contribution in [-0.2, 0) is 6.54 Å². The van der Waals surface area contributed by atoms with Crippen molar-refractivity contribution in [3.05, 3.63) is 41.8 Å². The highest BCUT2D eigenvalue weighted by Gasteiger charge is 2.06. The molecule has 6 nitrogen and oxygen atoms in total. The van der Waals surface area contributed by atoms with E-state index in [4.69, 9.17) is 11.6 Å². The summed E-state index contributed by atoms with van der Waals surface area (Å²) in [6.07, 6.45) is 5.19. The average molecular weight is 235 g/mol. The quantitative estimate of drug-likeness (QED) is 0.621. The summed E-state index contributed by atoms with van der Waals surface area (Å²) in [5.74, 6) is 0.767. The second-order valence-corrected chi connectivity index (χ2v) is 3.65. The minimum absolute atomic E-state index is 0.408. The van der Waals surface area contributed by atoms with Crippen molar-refractivity contribution in [3.63, 3.8) is 0 Å². The van der Waals surface area contributed by atoms with Crippen LogP contribution in [0.3, 0.4) is 0 Å². The lowest BCUT2D eigenvalue weighted by molar-refractivity contribution is 0.648. The Balaban J connectivity index is 2.04. The minimum Gasteiger partial charge on any atom is -0.268 e. The first-order chi connectivity index (χ1) is 7.83. The molecule has 0 N–H and O–H groups in total. The molecule has 0 fully saturated rings. The first-order valence-electron chi connectivity index (χ1n) is 4.65. The fourth-order valence-corrected chi connectivity index (χ4v) is 1.61. The molecule has 0 aliphatic rings. The SMILES string of the molecule is Clc1cc2nnc(Cn3cccn3)n2cn1. The van der Waals surface area contributed by atoms with Gasteiger partial charge in [-0.3, -0.25) is 9.08 Å². The van der Waals surface area contributed by atoms with Gasteiger partial charge in [0.25, 0.3) is 0 Å². The Bertz CT molecular complexity index is 614. The molecule has 0 aromatic carbocycles. The molecule has 0 unspecified atom stereocenters. The summed E-state index contributed by atoms with van der Waals surface area (Å²) < 4.78 is 3.55. The molecule has 3 aromatic rings. The predicted octanol–water partition coefficient (Wildman–Crippen LogP) is 1.02. The largest absolute Gasteiger partial charge is 0.268 e. The third-order valence-corrected chi connectivity index (χ3v) is 2.41. The molecule has 0 aliphatic heterocycles. The highest BCUT2D eigenvalue weighted by Crippen LogP contribution is 2.09. The third-order valence-electron chi connectivity index (χ3n) is 2.20. The number of rotatable bonds is 2. The Morgan fingerprint density at radius 3 is 3.06 bits per heavy atom. The minimum atomic E-state index is 0.408. The number of nitrogens with zero attached hydrogens (tertiary/aromatic N) is 6. The monoisotopic (exact) mass is 234 g/mol. The Kier molecular flexibility index (Phi) is 2.07. The van der Waals surface area contributed by atoms with E-state index in [1.54, 1.807) is 27.7 Å². The molecule has 0 spiro atoms. The van der Waals surface area contributed by atoms with E-state index in [-0.39, 0.29) is 0 Å². The molecule has 0 saturated heterocycles. The van der Waals surface area contributed by atoms with Crippen LogP contribution in [0.1, 0.15) is 5.82 Å². The Hall–Kier alpha value is -1.95. The van der Waals surface area contributed by atoms with Crippen LogP contribution in [-0.4, -0.2) is 29.4 Å². The number of aromatic nitrogens is 6. The van der Waals surface area contributed by atoms with Gasteiger partial charge in [0.2, 0.25) is 0 Å². The summed E-state index contributed by atoms with van der Waals surface area (Å²) in [5, 5.41) is 12.6. The van der Waals surface area contributed by atoms with Crippen LogP contribution < -0.4 is 0 Å². The molecule has 0 atom stereocenters. The summed E-state index contributed by atoms with van der Waals surface area (Å²) in [6.45, 7) is 0.553. The van der Waals surface area contributed by atoms with Crippen LogP contribution in [0.4, 0.5) is 0 Å². The summed E-state index contributed by atoms with van der Waals surface area (Å²) in [7, 11) is 0. The smallest absolute Gasteiger partial charge is 0.165 e. The number of halogens is 1. The molecule has 0 saturated carbocycles. The van der Waals surface area contributed by atoms with Crippen molar-refractivity contribution in [2.24, 2.45) is 0 Å². The molecular formula is C9H7ClN6. The van der Waals surface area contributed by atoms with E-state index in [0.717, 1.165) is 5.82 Å². The van der Waals surface area contributed by atoms with Crippen molar-refractivity contribution in [2.75, 3.05) is 0 Å². The van der Waals surface area contributed by atoms with Crippen molar-refractivity contribution < 1.29 is 0 Å². The van der Waals surface area contributed by atoms with Gasteiger partial charge in [-0.05, 0) is 6.07 Å². The second-order valence-electron chi connectivity index (χ2n) is 3.26. The van der Waals surface area contributed by atoms with E-state index >= 15 is 0 Å². The molecule has 3 aromatic heterocycles. The van der Waals surface area contributed by atoms with E-state index in [9.17, 15) is 0 Å². The van der Waals surface area contributed by atoms with Gasteiger partial charge in [-0.2, -0.15) is 5.10 Å². The maximum absolute atomic E-state index is 5.76. The molecule has 0 bridgehead atoms. The van der Waals surface area contributed by atoms with Gasteiger partial charge in [0.05, 0.1) is 0 Å². The summed E-state index contributed by atoms with van der Waals surface area (Å²) in [5.41, 5.74) is 0.683. The highest BCUT2D eigenvalue weighted by atomic mass is 35.5. The van der Waals surface area contributed by atoms with Gasteiger partial charge in [0, 0.05) is 18.5 Å². The molecule has 3 heterocycles. The molecule has 16 heavy (non-hydrogen) atoms. The van der Waals surface area contributed by atoms with Gasteiger partial charge in [-0.1, -0.05) is 11.6 Å². The number of hydrogen-bond donors (Lipinski definition) is 0. The van der Waals surface area contributed by atoms with Gasteiger partial charge >= 0.3 is 0 Å². The van der Waals surface area contributed by atoms with E-state index in [0.29, 0.717) is 17.3 Å². The molecule has 0 radical (unpaired) electrons. The van der Waals surface area contributed by atoms with Gasteiger partial charge in [-0.25, -0.2) is 4.98 Å². The Morgan fingerprint density at radius 2 is 2.25 bits per heavy atom. The Morgan fingerprint density at radius 1 is 1.31 bits per heavy atom. The predicted molar refractivity (Wildman–Crippen MR) is 57.1 cm³/mol. The Labute approximate surface area is 95.5 Å². The van der Waals surface area contributed by atoms with Crippen molar-refractivity contribution in [3.8, 4) is 0 Å².